The van der Waals surface area contributed by atoms with Crippen LogP contribution in [0.25, 0.3) is 16.3 Å². The fourth-order valence-electron chi connectivity index (χ4n) is 3.50. The van der Waals surface area contributed by atoms with Gasteiger partial charge in [-0.25, -0.2) is 0 Å². The number of aliphatic hydroxyl groups is 1. The predicted molar refractivity (Wildman–Crippen MR) is 124 cm³/mol. The van der Waals surface area contributed by atoms with Gasteiger partial charge in [-0.3, -0.25) is 4.79 Å². The van der Waals surface area contributed by atoms with Gasteiger partial charge in [-0.15, -0.1) is 0 Å². The van der Waals surface area contributed by atoms with Crippen molar-refractivity contribution in [1.29, 1.82) is 0 Å². The van der Waals surface area contributed by atoms with Crippen molar-refractivity contribution in [1.82, 2.24) is 0 Å². The van der Waals surface area contributed by atoms with Crippen LogP contribution >= 0.6 is 46.3 Å². The molecule has 0 radical (unpaired) electrons. The molecule has 1 aliphatic carbocycles. The van der Waals surface area contributed by atoms with E-state index in [9.17, 15) is 9.90 Å². The minimum absolute atomic E-state index is 0.0194. The lowest BCUT2D eigenvalue weighted by atomic mass is 9.88. The van der Waals surface area contributed by atoms with Crippen molar-refractivity contribution in [2.45, 2.75) is 4.90 Å². The van der Waals surface area contributed by atoms with Crippen molar-refractivity contribution in [2.75, 3.05) is 11.9 Å². The van der Waals surface area contributed by atoms with E-state index in [1.54, 1.807) is 12.2 Å². The van der Waals surface area contributed by atoms with E-state index in [2.05, 4.69) is 0 Å². The normalized spacial score (nSPS) is 18.7. The van der Waals surface area contributed by atoms with Gasteiger partial charge in [0.25, 0.3) is 5.01 Å². The van der Waals surface area contributed by atoms with Gasteiger partial charge in [-0.1, -0.05) is 46.3 Å². The summed E-state index contributed by atoms with van der Waals surface area (Å²) >= 11 is 15.2. The number of ketones is 1. The number of thiazole rings is 1. The highest BCUT2D eigenvalue weighted by Gasteiger charge is 2.35. The van der Waals surface area contributed by atoms with Crippen LogP contribution in [0.1, 0.15) is 5.01 Å². The lowest BCUT2D eigenvalue weighted by Crippen LogP contribution is -2.30. The number of Topliss-reactive ketones (excluding diaryl/α,β-unsaturated/α-hetero) is 1. The van der Waals surface area contributed by atoms with E-state index < -0.39 is 0 Å². The molecule has 2 aliphatic rings. The highest BCUT2D eigenvalue weighted by molar-refractivity contribution is 8.03. The molecular formula is C22H15Cl2N2O2S2+. The molecule has 0 atom stereocenters. The Morgan fingerprint density at radius 2 is 1.83 bits per heavy atom. The first-order valence-corrected chi connectivity index (χ1v) is 11.4. The molecule has 30 heavy (non-hydrogen) atoms. The summed E-state index contributed by atoms with van der Waals surface area (Å²) in [6.07, 6.45) is 3.47. The fraction of sp³-hybridized carbons (Fsp3) is 0.0909. The minimum atomic E-state index is -0.168. The zero-order chi connectivity index (χ0) is 21.2. The van der Waals surface area contributed by atoms with Crippen LogP contribution in [0, 0.1) is 0 Å². The molecular weight excluding hydrogens is 459 g/mol. The molecule has 3 aromatic rings. The van der Waals surface area contributed by atoms with Crippen LogP contribution in [-0.2, 0) is 11.8 Å². The summed E-state index contributed by atoms with van der Waals surface area (Å²) in [5.74, 6) is -0.149. The maximum Gasteiger partial charge on any atom is 0.263 e. The van der Waals surface area contributed by atoms with E-state index in [0.717, 1.165) is 30.8 Å². The number of hydrogen-bond donors (Lipinski definition) is 1. The van der Waals surface area contributed by atoms with Crippen molar-refractivity contribution in [3.8, 4) is 0 Å². The van der Waals surface area contributed by atoms with E-state index in [0.29, 0.717) is 21.2 Å². The number of anilines is 1. The number of hydrogen-bond acceptors (Lipinski definition) is 5. The number of nitrogens with zero attached hydrogens (tertiary/aromatic N) is 2. The maximum absolute atomic E-state index is 12.8. The summed E-state index contributed by atoms with van der Waals surface area (Å²) in [5.41, 5.74) is 2.69. The average Bonchev–Trinajstić information content (AvgIpc) is 3.19. The third-order valence-corrected chi connectivity index (χ3v) is 7.96. The Labute approximate surface area is 191 Å². The van der Waals surface area contributed by atoms with Gasteiger partial charge in [0.15, 0.2) is 0 Å². The number of fused-ring (bicyclic) bond motifs is 2. The fourth-order valence-corrected chi connectivity index (χ4v) is 6.24. The Hall–Kier alpha value is -2.25. The van der Waals surface area contributed by atoms with Gasteiger partial charge in [0, 0.05) is 34.1 Å². The molecule has 0 saturated carbocycles. The topological polar surface area (TPSA) is 44.4 Å². The molecule has 0 unspecified atom stereocenters. The monoisotopic (exact) mass is 473 g/mol. The van der Waals surface area contributed by atoms with Gasteiger partial charge in [0.2, 0.25) is 11.3 Å². The molecule has 0 amide bonds. The molecule has 1 aromatic heterocycles. The number of carbonyl (C=O) groups excluding carboxylic acids is 1. The second kappa shape index (κ2) is 7.17. The Morgan fingerprint density at radius 1 is 1.10 bits per heavy atom. The standard InChI is InChI=1S/C22H14Cl2N2O2S2/c1-25-15-5-3-11(23)7-17(15)29-19(25)9-13-21(27)14(22(13)28)10-20-26(2)16-6-4-12(24)8-18(16)30-20/h3-10H,1-2H3/p+1. The number of carbonyl (C=O) groups is 1. The second-order valence-corrected chi connectivity index (χ2v) is 10.0. The average molecular weight is 474 g/mol. The summed E-state index contributed by atoms with van der Waals surface area (Å²) in [6, 6.07) is 11.4. The number of halogens is 2. The molecule has 2 heterocycles. The quantitative estimate of drug-likeness (QED) is 0.371. The number of allylic oxidation sites excluding steroid dienone is 3. The highest BCUT2D eigenvalue weighted by Crippen LogP contribution is 2.47. The van der Waals surface area contributed by atoms with E-state index in [1.807, 2.05) is 60.0 Å². The third-order valence-electron chi connectivity index (χ3n) is 5.19. The van der Waals surface area contributed by atoms with E-state index in [-0.39, 0.29) is 11.5 Å². The molecule has 1 N–H and O–H groups in total. The number of thioether (sulfide) groups is 1. The molecule has 4 nitrogen and oxygen atoms in total. The molecule has 2 aromatic carbocycles. The number of aliphatic hydroxyl groups excluding tert-OH is 1. The molecule has 1 aliphatic heterocycles. The summed E-state index contributed by atoms with van der Waals surface area (Å²) in [6.45, 7) is 0. The Balaban J connectivity index is 1.49. The van der Waals surface area contributed by atoms with E-state index in [1.165, 1.54) is 23.1 Å². The van der Waals surface area contributed by atoms with Gasteiger partial charge in [0.05, 0.1) is 21.9 Å². The lowest BCUT2D eigenvalue weighted by molar-refractivity contribution is -0.642. The first kappa shape index (κ1) is 19.7. The van der Waals surface area contributed by atoms with Gasteiger partial charge in [0.1, 0.15) is 17.5 Å². The molecule has 0 spiro atoms. The number of benzene rings is 2. The summed E-state index contributed by atoms with van der Waals surface area (Å²) in [5, 5.41) is 13.7. The second-order valence-electron chi connectivity index (χ2n) is 7.02. The van der Waals surface area contributed by atoms with Crippen LogP contribution in [0.5, 0.6) is 0 Å². The van der Waals surface area contributed by atoms with Crippen LogP contribution in [0.3, 0.4) is 0 Å². The van der Waals surface area contributed by atoms with Gasteiger partial charge >= 0.3 is 0 Å². The molecule has 8 heteroatoms. The van der Waals surface area contributed by atoms with Crippen LogP contribution in [0.4, 0.5) is 5.69 Å². The Bertz CT molecular complexity index is 1350. The van der Waals surface area contributed by atoms with Crippen molar-refractivity contribution in [3.63, 3.8) is 0 Å². The zero-order valence-corrected chi connectivity index (χ0v) is 19.1. The Kier molecular flexibility index (Phi) is 4.71. The summed E-state index contributed by atoms with van der Waals surface area (Å²) in [7, 11) is 3.86. The predicted octanol–water partition coefficient (Wildman–Crippen LogP) is 5.89. The molecule has 5 rings (SSSR count). The number of aryl methyl sites for hydroxylation is 1. The molecule has 0 bridgehead atoms. The van der Waals surface area contributed by atoms with Gasteiger partial charge < -0.3 is 10.0 Å². The molecule has 0 fully saturated rings. The zero-order valence-electron chi connectivity index (χ0n) is 15.9. The van der Waals surface area contributed by atoms with E-state index in [4.69, 9.17) is 23.2 Å². The third kappa shape index (κ3) is 3.06. The first-order chi connectivity index (χ1) is 14.3. The maximum atomic E-state index is 12.8. The van der Waals surface area contributed by atoms with Crippen molar-refractivity contribution in [3.05, 3.63) is 79.5 Å². The van der Waals surface area contributed by atoms with E-state index >= 15 is 0 Å². The van der Waals surface area contributed by atoms with Crippen LogP contribution in [0.15, 0.2) is 69.3 Å². The SMILES string of the molecule is CN1C(=CC2=C(O)C(=Cc3sc4cc(Cl)ccc4[n+]3C)C2=O)Sc2cc(Cl)ccc21. The van der Waals surface area contributed by atoms with Crippen molar-refractivity contribution < 1.29 is 14.5 Å². The first-order valence-electron chi connectivity index (χ1n) is 9.04. The highest BCUT2D eigenvalue weighted by atomic mass is 35.5. The van der Waals surface area contributed by atoms with Gasteiger partial charge in [-0.05, 0) is 36.4 Å². The Morgan fingerprint density at radius 3 is 2.60 bits per heavy atom. The number of aromatic nitrogens is 1. The van der Waals surface area contributed by atoms with Crippen molar-refractivity contribution >= 4 is 74.1 Å². The van der Waals surface area contributed by atoms with Crippen LogP contribution in [-0.4, -0.2) is 17.9 Å². The van der Waals surface area contributed by atoms with Crippen molar-refractivity contribution in [2.24, 2.45) is 7.05 Å². The largest absolute Gasteiger partial charge is 0.506 e. The number of rotatable bonds is 2. The van der Waals surface area contributed by atoms with Crippen LogP contribution in [0.2, 0.25) is 10.0 Å². The summed E-state index contributed by atoms with van der Waals surface area (Å²) < 4.78 is 3.01. The smallest absolute Gasteiger partial charge is 0.263 e. The summed E-state index contributed by atoms with van der Waals surface area (Å²) in [4.78, 5) is 15.8. The lowest BCUT2D eigenvalue weighted by Gasteiger charge is -2.20. The molecule has 0 saturated heterocycles. The molecule has 150 valence electrons. The van der Waals surface area contributed by atoms with Gasteiger partial charge in [-0.2, -0.15) is 4.57 Å². The van der Waals surface area contributed by atoms with Crippen LogP contribution < -0.4 is 9.47 Å². The minimum Gasteiger partial charge on any atom is -0.506 e.